The van der Waals surface area contributed by atoms with E-state index in [0.717, 1.165) is 18.1 Å². The summed E-state index contributed by atoms with van der Waals surface area (Å²) >= 11 is 0. The highest BCUT2D eigenvalue weighted by Crippen LogP contribution is 2.07. The Balaban J connectivity index is 2.98. The second-order valence-electron chi connectivity index (χ2n) is 2.78. The van der Waals surface area contributed by atoms with Gasteiger partial charge in [-0.15, -0.1) is 0 Å². The molecule has 0 aromatic carbocycles. The summed E-state index contributed by atoms with van der Waals surface area (Å²) in [6.45, 7) is 4.96. The Morgan fingerprint density at radius 1 is 1.45 bits per heavy atom. The quantitative estimate of drug-likeness (QED) is 0.679. The minimum absolute atomic E-state index is 0.855. The summed E-state index contributed by atoms with van der Waals surface area (Å²) in [6, 6.07) is 0. The van der Waals surface area contributed by atoms with Crippen LogP contribution >= 0.6 is 0 Å². The fraction of sp³-hybridized carbons (Fsp3) is 0.625. The van der Waals surface area contributed by atoms with E-state index >= 15 is 0 Å². The molecule has 0 spiro atoms. The van der Waals surface area contributed by atoms with E-state index in [9.17, 15) is 0 Å². The normalized spacial score (nSPS) is 10.5. The van der Waals surface area contributed by atoms with Crippen molar-refractivity contribution in [1.82, 2.24) is 14.9 Å². The van der Waals surface area contributed by atoms with Crippen molar-refractivity contribution in [2.24, 2.45) is 7.05 Å². The Labute approximate surface area is 67.4 Å². The molecule has 0 bridgehead atoms. The number of hydrogen-bond acceptors (Lipinski definition) is 2. The van der Waals surface area contributed by atoms with Crippen LogP contribution in [0.2, 0.25) is 0 Å². The van der Waals surface area contributed by atoms with Crippen LogP contribution in [0.25, 0.3) is 0 Å². The van der Waals surface area contributed by atoms with Crippen molar-refractivity contribution < 1.29 is 0 Å². The van der Waals surface area contributed by atoms with Gasteiger partial charge in [0.25, 0.3) is 0 Å². The van der Waals surface area contributed by atoms with Crippen molar-refractivity contribution in [3.63, 3.8) is 0 Å². The lowest BCUT2D eigenvalue weighted by atomic mass is 10.3. The minimum Gasteiger partial charge on any atom is -0.335 e. The van der Waals surface area contributed by atoms with Crippen LogP contribution in [0.1, 0.15) is 17.2 Å². The van der Waals surface area contributed by atoms with Gasteiger partial charge >= 0.3 is 0 Å². The summed E-state index contributed by atoms with van der Waals surface area (Å²) in [4.78, 5) is 4.40. The molecule has 0 amide bonds. The maximum atomic E-state index is 4.40. The zero-order valence-corrected chi connectivity index (χ0v) is 7.60. The van der Waals surface area contributed by atoms with E-state index in [1.807, 2.05) is 21.0 Å². The smallest absolute Gasteiger partial charge is 0.105 e. The Kier molecular flexibility index (Phi) is 2.29. The highest BCUT2D eigenvalue weighted by atomic mass is 15.1. The van der Waals surface area contributed by atoms with E-state index in [4.69, 9.17) is 0 Å². The highest BCUT2D eigenvalue weighted by molar-refractivity contribution is 5.14. The zero-order chi connectivity index (χ0) is 8.43. The number of rotatable bonds is 2. The van der Waals surface area contributed by atoms with Gasteiger partial charge in [-0.3, -0.25) is 0 Å². The molecule has 0 fully saturated rings. The Morgan fingerprint density at radius 2 is 2.09 bits per heavy atom. The molecule has 0 saturated carbocycles. The van der Waals surface area contributed by atoms with Crippen molar-refractivity contribution in [2.45, 2.75) is 20.4 Å². The van der Waals surface area contributed by atoms with E-state index in [1.165, 1.54) is 5.69 Å². The summed E-state index contributed by atoms with van der Waals surface area (Å²) in [7, 11) is 3.97. The third-order valence-electron chi connectivity index (χ3n) is 2.05. The second kappa shape index (κ2) is 3.05. The van der Waals surface area contributed by atoms with E-state index < -0.39 is 0 Å². The summed E-state index contributed by atoms with van der Waals surface area (Å²) in [5.41, 5.74) is 2.39. The molecule has 1 rings (SSSR count). The van der Waals surface area contributed by atoms with Crippen molar-refractivity contribution in [1.29, 1.82) is 0 Å². The fourth-order valence-electron chi connectivity index (χ4n) is 1.12. The summed E-state index contributed by atoms with van der Waals surface area (Å²) in [6.07, 6.45) is 0. The van der Waals surface area contributed by atoms with Gasteiger partial charge in [0.2, 0.25) is 0 Å². The van der Waals surface area contributed by atoms with Crippen LogP contribution in [0.3, 0.4) is 0 Å². The van der Waals surface area contributed by atoms with Crippen LogP contribution in [-0.2, 0) is 13.6 Å². The number of imidazole rings is 1. The molecular weight excluding hydrogens is 138 g/mol. The van der Waals surface area contributed by atoms with Gasteiger partial charge in [-0.25, -0.2) is 4.98 Å². The Bertz CT molecular complexity index is 250. The fourth-order valence-corrected chi connectivity index (χ4v) is 1.12. The predicted octanol–water partition coefficient (Wildman–Crippen LogP) is 0.756. The molecule has 0 radical (unpaired) electrons. The highest BCUT2D eigenvalue weighted by Gasteiger charge is 2.05. The molecule has 11 heavy (non-hydrogen) atoms. The number of aromatic nitrogens is 2. The molecule has 3 heteroatoms. The molecule has 0 saturated heterocycles. The van der Waals surface area contributed by atoms with Gasteiger partial charge in [-0.05, 0) is 20.9 Å². The third-order valence-corrected chi connectivity index (χ3v) is 2.05. The second-order valence-corrected chi connectivity index (χ2v) is 2.78. The lowest BCUT2D eigenvalue weighted by molar-refractivity contribution is 0.783. The van der Waals surface area contributed by atoms with Gasteiger partial charge in [-0.2, -0.15) is 0 Å². The largest absolute Gasteiger partial charge is 0.335 e. The molecule has 0 aliphatic carbocycles. The Hall–Kier alpha value is -0.830. The number of nitrogens with zero attached hydrogens (tertiary/aromatic N) is 2. The van der Waals surface area contributed by atoms with Crippen LogP contribution in [0.4, 0.5) is 0 Å². The topological polar surface area (TPSA) is 29.9 Å². The number of aryl methyl sites for hydroxylation is 1. The molecule has 0 atom stereocenters. The Morgan fingerprint density at radius 3 is 2.45 bits per heavy atom. The predicted molar refractivity (Wildman–Crippen MR) is 45.4 cm³/mol. The standard InChI is InChI=1S/C8H15N3/c1-6-8(5-9-3)10-7(2)11(6)4/h9H,5H2,1-4H3. The zero-order valence-electron chi connectivity index (χ0n) is 7.60. The molecule has 0 unspecified atom stereocenters. The molecule has 0 aliphatic rings. The van der Waals surface area contributed by atoms with E-state index in [0.29, 0.717) is 0 Å². The molecule has 1 aromatic rings. The van der Waals surface area contributed by atoms with Gasteiger partial charge in [0.15, 0.2) is 0 Å². The first kappa shape index (κ1) is 8.27. The molecule has 0 aliphatic heterocycles. The molecular formula is C8H15N3. The summed E-state index contributed by atoms with van der Waals surface area (Å²) in [5, 5.41) is 3.09. The van der Waals surface area contributed by atoms with Gasteiger partial charge in [0.1, 0.15) is 5.82 Å². The minimum atomic E-state index is 0.855. The summed E-state index contributed by atoms with van der Waals surface area (Å²) < 4.78 is 2.10. The van der Waals surface area contributed by atoms with Crippen LogP contribution in [-0.4, -0.2) is 16.6 Å². The van der Waals surface area contributed by atoms with Crippen molar-refractivity contribution >= 4 is 0 Å². The first-order valence-electron chi connectivity index (χ1n) is 3.80. The van der Waals surface area contributed by atoms with Gasteiger partial charge < -0.3 is 9.88 Å². The van der Waals surface area contributed by atoms with Crippen LogP contribution in [0, 0.1) is 13.8 Å². The van der Waals surface area contributed by atoms with Crippen molar-refractivity contribution in [3.8, 4) is 0 Å². The van der Waals surface area contributed by atoms with Crippen LogP contribution in [0.15, 0.2) is 0 Å². The molecule has 1 N–H and O–H groups in total. The monoisotopic (exact) mass is 153 g/mol. The summed E-state index contributed by atoms with van der Waals surface area (Å²) in [5.74, 6) is 1.08. The first-order chi connectivity index (χ1) is 5.16. The van der Waals surface area contributed by atoms with Crippen molar-refractivity contribution in [3.05, 3.63) is 17.2 Å². The third kappa shape index (κ3) is 1.43. The number of hydrogen-bond donors (Lipinski definition) is 1. The average Bonchev–Trinajstić information content (AvgIpc) is 2.19. The van der Waals surface area contributed by atoms with E-state index in [1.54, 1.807) is 0 Å². The van der Waals surface area contributed by atoms with Gasteiger partial charge in [-0.1, -0.05) is 0 Å². The lowest BCUT2D eigenvalue weighted by Gasteiger charge is -1.98. The number of nitrogens with one attached hydrogen (secondary N) is 1. The lowest BCUT2D eigenvalue weighted by Crippen LogP contribution is -2.07. The van der Waals surface area contributed by atoms with Gasteiger partial charge in [0.05, 0.1) is 5.69 Å². The van der Waals surface area contributed by atoms with E-state index in [2.05, 4.69) is 21.8 Å². The van der Waals surface area contributed by atoms with Crippen LogP contribution < -0.4 is 5.32 Å². The maximum absolute atomic E-state index is 4.40. The van der Waals surface area contributed by atoms with Crippen LogP contribution in [0.5, 0.6) is 0 Å². The molecule has 3 nitrogen and oxygen atoms in total. The maximum Gasteiger partial charge on any atom is 0.105 e. The molecule has 1 heterocycles. The molecule has 1 aromatic heterocycles. The average molecular weight is 153 g/mol. The first-order valence-corrected chi connectivity index (χ1v) is 3.80. The van der Waals surface area contributed by atoms with E-state index in [-0.39, 0.29) is 0 Å². The van der Waals surface area contributed by atoms with Gasteiger partial charge in [0, 0.05) is 19.3 Å². The SMILES string of the molecule is CNCc1nc(C)n(C)c1C. The van der Waals surface area contributed by atoms with Crippen molar-refractivity contribution in [2.75, 3.05) is 7.05 Å². The molecule has 62 valence electrons.